The monoisotopic (exact) mass is 679 g/mol. The average Bonchev–Trinajstić information content (AvgIpc) is 3.41. The third-order valence-electron chi connectivity index (χ3n) is 11.5. The lowest BCUT2D eigenvalue weighted by molar-refractivity contribution is 0.464. The van der Waals surface area contributed by atoms with E-state index in [0.29, 0.717) is 0 Å². The van der Waals surface area contributed by atoms with Crippen LogP contribution in [0.2, 0.25) is 0 Å². The van der Waals surface area contributed by atoms with Gasteiger partial charge in [0.05, 0.1) is 0 Å². The Labute approximate surface area is 309 Å². The number of fused-ring (bicyclic) bond motifs is 8. The Morgan fingerprint density at radius 3 is 1.77 bits per heavy atom. The minimum absolute atomic E-state index is 0.00855. The number of benzene rings is 8. The molecule has 0 N–H and O–H groups in total. The van der Waals surface area contributed by atoms with Crippen LogP contribution in [0.1, 0.15) is 25.0 Å². The van der Waals surface area contributed by atoms with Crippen molar-refractivity contribution >= 4 is 50.9 Å². The Balaban J connectivity index is 1.06. The van der Waals surface area contributed by atoms with Crippen LogP contribution in [-0.2, 0) is 5.41 Å². The summed E-state index contributed by atoms with van der Waals surface area (Å²) >= 11 is 0. The van der Waals surface area contributed by atoms with E-state index in [1.165, 1.54) is 55.1 Å². The van der Waals surface area contributed by atoms with Crippen LogP contribution < -0.4 is 30.8 Å². The summed E-state index contributed by atoms with van der Waals surface area (Å²) in [5, 5.41) is 2.45. The zero-order valence-electron chi connectivity index (χ0n) is 29.5. The first-order chi connectivity index (χ1) is 26.0. The molecule has 8 aromatic carbocycles. The summed E-state index contributed by atoms with van der Waals surface area (Å²) in [5.41, 5.74) is 14.2. The molecule has 2 aliphatic heterocycles. The predicted octanol–water partition coefficient (Wildman–Crippen LogP) is 11.0. The second kappa shape index (κ2) is 11.2. The Hall–Kier alpha value is -6.52. The highest BCUT2D eigenvalue weighted by molar-refractivity contribution is 6.98. The molecule has 0 unspecified atom stereocenters. The zero-order valence-corrected chi connectivity index (χ0v) is 29.5. The van der Waals surface area contributed by atoms with Gasteiger partial charge in [0.2, 0.25) is 0 Å². The van der Waals surface area contributed by atoms with Gasteiger partial charge in [0.15, 0.2) is 0 Å². The summed E-state index contributed by atoms with van der Waals surface area (Å²) in [6.45, 7) is 4.73. The van der Waals surface area contributed by atoms with E-state index < -0.39 is 0 Å². The van der Waals surface area contributed by atoms with Gasteiger partial charge < -0.3 is 14.4 Å². The molecular formula is C49H34BNO2. The van der Waals surface area contributed by atoms with Crippen molar-refractivity contribution in [3.05, 3.63) is 181 Å². The number of anilines is 3. The van der Waals surface area contributed by atoms with E-state index in [-0.39, 0.29) is 12.1 Å². The van der Waals surface area contributed by atoms with Crippen molar-refractivity contribution in [2.45, 2.75) is 19.3 Å². The molecule has 0 aromatic heterocycles. The number of hydrogen-bond donors (Lipinski definition) is 0. The van der Waals surface area contributed by atoms with Crippen molar-refractivity contribution in [1.29, 1.82) is 0 Å². The predicted molar refractivity (Wildman–Crippen MR) is 219 cm³/mol. The van der Waals surface area contributed by atoms with Gasteiger partial charge in [-0.1, -0.05) is 111 Å². The van der Waals surface area contributed by atoms with E-state index in [4.69, 9.17) is 9.47 Å². The van der Waals surface area contributed by atoms with Crippen LogP contribution in [0.15, 0.2) is 170 Å². The molecule has 0 bridgehead atoms. The maximum absolute atomic E-state index is 6.79. The summed E-state index contributed by atoms with van der Waals surface area (Å²) in [7, 11) is 0. The smallest absolute Gasteiger partial charge is 0.260 e. The molecule has 11 rings (SSSR count). The highest BCUT2D eigenvalue weighted by Gasteiger charge is 2.43. The standard InChI is InChI=1S/C49H34BNO2/c1-49(2)40-27-34-25-37(51(35-15-8-4-9-16-35)36-17-10-5-11-18-36)23-21-32(34)26-38(40)39-29-47-43(30-41(39)49)50-42-28-33(31-13-6-3-7-14-31)22-24-44(42)52-45-19-12-20-46(53-47)48(45)50/h3-30H,1-2H3. The van der Waals surface area contributed by atoms with E-state index >= 15 is 0 Å². The first kappa shape index (κ1) is 30.1. The molecule has 53 heavy (non-hydrogen) atoms. The van der Waals surface area contributed by atoms with Crippen LogP contribution in [-0.4, -0.2) is 6.71 Å². The molecule has 2 heterocycles. The van der Waals surface area contributed by atoms with E-state index in [2.05, 4.69) is 183 Å². The highest BCUT2D eigenvalue weighted by atomic mass is 16.5. The zero-order chi connectivity index (χ0) is 35.3. The Morgan fingerprint density at radius 1 is 0.434 bits per heavy atom. The van der Waals surface area contributed by atoms with Crippen LogP contribution in [0.25, 0.3) is 33.0 Å². The molecule has 1 aliphatic carbocycles. The van der Waals surface area contributed by atoms with Gasteiger partial charge >= 0.3 is 0 Å². The fourth-order valence-electron chi connectivity index (χ4n) is 8.94. The molecule has 0 spiro atoms. The molecule has 0 saturated heterocycles. The summed E-state index contributed by atoms with van der Waals surface area (Å²) in [6, 6.07) is 61.0. The minimum Gasteiger partial charge on any atom is -0.458 e. The van der Waals surface area contributed by atoms with Gasteiger partial charge in [-0.25, -0.2) is 0 Å². The quantitative estimate of drug-likeness (QED) is 0.173. The van der Waals surface area contributed by atoms with Crippen molar-refractivity contribution < 1.29 is 9.47 Å². The molecule has 0 atom stereocenters. The van der Waals surface area contributed by atoms with E-state index in [1.807, 2.05) is 6.07 Å². The second-order valence-corrected chi connectivity index (χ2v) is 14.9. The Kier molecular flexibility index (Phi) is 6.39. The van der Waals surface area contributed by atoms with Gasteiger partial charge in [0, 0.05) is 27.9 Å². The number of rotatable bonds is 4. The Morgan fingerprint density at radius 2 is 1.06 bits per heavy atom. The van der Waals surface area contributed by atoms with Crippen molar-refractivity contribution in [3.8, 4) is 45.3 Å². The van der Waals surface area contributed by atoms with Gasteiger partial charge in [-0.3, -0.25) is 0 Å². The molecular weight excluding hydrogens is 645 g/mol. The van der Waals surface area contributed by atoms with Gasteiger partial charge in [-0.2, -0.15) is 0 Å². The highest BCUT2D eigenvalue weighted by Crippen LogP contribution is 2.52. The molecule has 8 aromatic rings. The minimum atomic E-state index is -0.220. The fraction of sp³-hybridized carbons (Fsp3) is 0.0612. The van der Waals surface area contributed by atoms with Gasteiger partial charge in [0.25, 0.3) is 6.71 Å². The molecule has 0 fully saturated rings. The fourth-order valence-corrected chi connectivity index (χ4v) is 8.94. The van der Waals surface area contributed by atoms with Crippen molar-refractivity contribution in [3.63, 3.8) is 0 Å². The molecule has 3 nitrogen and oxygen atoms in total. The summed E-state index contributed by atoms with van der Waals surface area (Å²) in [4.78, 5) is 2.33. The lowest BCUT2D eigenvalue weighted by Gasteiger charge is -2.34. The molecule has 3 aliphatic rings. The number of para-hydroxylation sites is 2. The molecule has 4 heteroatoms. The van der Waals surface area contributed by atoms with E-state index in [0.717, 1.165) is 45.5 Å². The molecule has 0 radical (unpaired) electrons. The normalized spacial score (nSPS) is 13.9. The van der Waals surface area contributed by atoms with Gasteiger partial charge in [-0.15, -0.1) is 0 Å². The van der Waals surface area contributed by atoms with Crippen molar-refractivity contribution in [2.24, 2.45) is 0 Å². The van der Waals surface area contributed by atoms with Crippen LogP contribution in [0.4, 0.5) is 17.1 Å². The van der Waals surface area contributed by atoms with Crippen LogP contribution in [0.5, 0.6) is 23.0 Å². The lowest BCUT2D eigenvalue weighted by Crippen LogP contribution is -2.57. The number of ether oxygens (including phenoxy) is 2. The maximum Gasteiger partial charge on any atom is 0.260 e. The van der Waals surface area contributed by atoms with Crippen molar-refractivity contribution in [1.82, 2.24) is 0 Å². The largest absolute Gasteiger partial charge is 0.458 e. The lowest BCUT2D eigenvalue weighted by atomic mass is 9.34. The summed E-state index contributed by atoms with van der Waals surface area (Å²) in [6.07, 6.45) is 0. The van der Waals surface area contributed by atoms with Gasteiger partial charge in [0.1, 0.15) is 23.0 Å². The van der Waals surface area contributed by atoms with Crippen LogP contribution in [0.3, 0.4) is 0 Å². The van der Waals surface area contributed by atoms with Crippen molar-refractivity contribution in [2.75, 3.05) is 4.90 Å². The summed E-state index contributed by atoms with van der Waals surface area (Å²) in [5.74, 6) is 3.54. The number of nitrogens with zero attached hydrogens (tertiary/aromatic N) is 1. The molecule has 0 saturated carbocycles. The third-order valence-corrected chi connectivity index (χ3v) is 11.5. The molecule has 0 amide bonds. The third kappa shape index (κ3) is 4.55. The van der Waals surface area contributed by atoms with Crippen LogP contribution >= 0.6 is 0 Å². The maximum atomic E-state index is 6.79. The van der Waals surface area contributed by atoms with Gasteiger partial charge in [-0.05, 0) is 128 Å². The number of hydrogen-bond acceptors (Lipinski definition) is 3. The van der Waals surface area contributed by atoms with Crippen LogP contribution in [0, 0.1) is 0 Å². The second-order valence-electron chi connectivity index (χ2n) is 14.9. The SMILES string of the molecule is CC1(C)c2cc3c(cc2-c2cc4ccc(N(c5ccccc5)c5ccccc5)cc4cc21)Oc1cccc2c1B3c1cc(-c3ccccc3)ccc1O2. The summed E-state index contributed by atoms with van der Waals surface area (Å²) < 4.78 is 13.3. The topological polar surface area (TPSA) is 21.7 Å². The average molecular weight is 680 g/mol. The van der Waals surface area contributed by atoms with E-state index in [9.17, 15) is 0 Å². The first-order valence-corrected chi connectivity index (χ1v) is 18.4. The Bertz CT molecular complexity index is 2720. The van der Waals surface area contributed by atoms with E-state index in [1.54, 1.807) is 0 Å². The first-order valence-electron chi connectivity index (χ1n) is 18.4. The molecule has 250 valence electrons.